The lowest BCUT2D eigenvalue weighted by atomic mass is 10.2. The van der Waals surface area contributed by atoms with Crippen LogP contribution in [0.4, 0.5) is 13.2 Å². The second-order valence-electron chi connectivity index (χ2n) is 6.37. The molecule has 0 aliphatic carbocycles. The molecule has 10 heteroatoms. The summed E-state index contributed by atoms with van der Waals surface area (Å²) < 4.78 is 43.9. The summed E-state index contributed by atoms with van der Waals surface area (Å²) in [6.45, 7) is -2.60. The SMILES string of the molecule is O=C(NCCc1nccn1C(F)F)c1cnn(-c2ccccc2F)c1-n1cccc1. The van der Waals surface area contributed by atoms with Gasteiger partial charge in [-0.05, 0) is 24.3 Å². The monoisotopic (exact) mass is 414 g/mol. The van der Waals surface area contributed by atoms with Gasteiger partial charge in [-0.25, -0.2) is 14.1 Å². The van der Waals surface area contributed by atoms with Crippen molar-refractivity contribution in [1.29, 1.82) is 0 Å². The number of rotatable bonds is 7. The number of carbonyl (C=O) groups excluding carboxylic acids is 1. The van der Waals surface area contributed by atoms with Crippen molar-refractivity contribution in [2.75, 3.05) is 6.54 Å². The highest BCUT2D eigenvalue weighted by Gasteiger charge is 2.21. The van der Waals surface area contributed by atoms with Gasteiger partial charge in [0.15, 0.2) is 5.82 Å². The van der Waals surface area contributed by atoms with E-state index in [1.165, 1.54) is 29.3 Å². The Morgan fingerprint density at radius 2 is 1.87 bits per heavy atom. The molecular weight excluding hydrogens is 397 g/mol. The van der Waals surface area contributed by atoms with E-state index in [9.17, 15) is 18.0 Å². The Morgan fingerprint density at radius 3 is 2.60 bits per heavy atom. The zero-order valence-corrected chi connectivity index (χ0v) is 15.6. The fourth-order valence-electron chi connectivity index (χ4n) is 3.12. The van der Waals surface area contributed by atoms with Gasteiger partial charge in [-0.2, -0.15) is 13.9 Å². The minimum atomic E-state index is -2.70. The Morgan fingerprint density at radius 1 is 1.10 bits per heavy atom. The number of amides is 1. The van der Waals surface area contributed by atoms with Crippen molar-refractivity contribution in [3.8, 4) is 11.5 Å². The maximum atomic E-state index is 14.3. The lowest BCUT2D eigenvalue weighted by Gasteiger charge is -2.12. The Bertz CT molecular complexity index is 1150. The summed E-state index contributed by atoms with van der Waals surface area (Å²) in [4.78, 5) is 16.7. The quantitative estimate of drug-likeness (QED) is 0.504. The van der Waals surface area contributed by atoms with Crippen LogP contribution in [0, 0.1) is 5.82 Å². The number of carbonyl (C=O) groups is 1. The summed E-state index contributed by atoms with van der Waals surface area (Å²) in [5.74, 6) is -0.425. The minimum absolute atomic E-state index is 0.0958. The maximum Gasteiger partial charge on any atom is 0.319 e. The van der Waals surface area contributed by atoms with Crippen molar-refractivity contribution in [2.45, 2.75) is 13.0 Å². The lowest BCUT2D eigenvalue weighted by molar-refractivity contribution is 0.0670. The summed E-state index contributed by atoms with van der Waals surface area (Å²) in [6.07, 6.45) is 7.37. The topological polar surface area (TPSA) is 69.7 Å². The van der Waals surface area contributed by atoms with Crippen LogP contribution in [0.15, 0.2) is 67.4 Å². The van der Waals surface area contributed by atoms with Crippen LogP contribution in [0.2, 0.25) is 0 Å². The van der Waals surface area contributed by atoms with Crippen LogP contribution in [-0.4, -0.2) is 36.4 Å². The molecule has 1 amide bonds. The van der Waals surface area contributed by atoms with Gasteiger partial charge < -0.3 is 9.88 Å². The average molecular weight is 414 g/mol. The molecule has 0 atom stereocenters. The van der Waals surface area contributed by atoms with Gasteiger partial charge in [0.1, 0.15) is 22.9 Å². The summed E-state index contributed by atoms with van der Waals surface area (Å²) >= 11 is 0. The number of imidazole rings is 1. The van der Waals surface area contributed by atoms with Crippen molar-refractivity contribution in [2.24, 2.45) is 0 Å². The molecule has 3 aromatic heterocycles. The van der Waals surface area contributed by atoms with Crippen molar-refractivity contribution in [1.82, 2.24) is 29.2 Å². The molecule has 154 valence electrons. The third kappa shape index (κ3) is 3.71. The predicted molar refractivity (Wildman–Crippen MR) is 102 cm³/mol. The maximum absolute atomic E-state index is 14.3. The molecule has 0 spiro atoms. The molecule has 7 nitrogen and oxygen atoms in total. The summed E-state index contributed by atoms with van der Waals surface area (Å²) in [5.41, 5.74) is 0.408. The van der Waals surface area contributed by atoms with E-state index in [0.29, 0.717) is 5.82 Å². The molecule has 0 saturated heterocycles. The molecule has 3 heterocycles. The summed E-state index contributed by atoms with van der Waals surface area (Å²) in [7, 11) is 0. The highest BCUT2D eigenvalue weighted by Crippen LogP contribution is 2.21. The minimum Gasteiger partial charge on any atom is -0.351 e. The third-order valence-corrected chi connectivity index (χ3v) is 4.51. The van der Waals surface area contributed by atoms with Gasteiger partial charge in [-0.1, -0.05) is 12.1 Å². The fourth-order valence-corrected chi connectivity index (χ4v) is 3.12. The van der Waals surface area contributed by atoms with Gasteiger partial charge in [0.05, 0.1) is 6.20 Å². The van der Waals surface area contributed by atoms with Gasteiger partial charge >= 0.3 is 6.55 Å². The highest BCUT2D eigenvalue weighted by molar-refractivity contribution is 5.97. The highest BCUT2D eigenvalue weighted by atomic mass is 19.3. The number of para-hydroxylation sites is 1. The van der Waals surface area contributed by atoms with Crippen molar-refractivity contribution in [3.05, 3.63) is 84.6 Å². The van der Waals surface area contributed by atoms with Crippen LogP contribution >= 0.6 is 0 Å². The Balaban J connectivity index is 1.59. The Hall–Kier alpha value is -3.82. The van der Waals surface area contributed by atoms with Gasteiger partial charge in [-0.3, -0.25) is 9.36 Å². The zero-order chi connectivity index (χ0) is 21.1. The van der Waals surface area contributed by atoms with E-state index in [1.807, 2.05) is 0 Å². The molecule has 0 bridgehead atoms. The van der Waals surface area contributed by atoms with Crippen LogP contribution in [0.3, 0.4) is 0 Å². The summed E-state index contributed by atoms with van der Waals surface area (Å²) in [5, 5.41) is 6.89. The largest absolute Gasteiger partial charge is 0.351 e. The average Bonchev–Trinajstić information content (AvgIpc) is 3.48. The number of benzene rings is 1. The van der Waals surface area contributed by atoms with Crippen LogP contribution in [0.5, 0.6) is 0 Å². The molecule has 1 aromatic carbocycles. The molecule has 4 rings (SSSR count). The molecule has 0 aliphatic heterocycles. The van der Waals surface area contributed by atoms with Gasteiger partial charge in [0, 0.05) is 37.8 Å². The number of alkyl halides is 2. The van der Waals surface area contributed by atoms with Crippen LogP contribution < -0.4 is 5.32 Å². The number of aromatic nitrogens is 5. The second-order valence-corrected chi connectivity index (χ2v) is 6.37. The molecule has 0 aliphatic rings. The Labute approximate surface area is 169 Å². The third-order valence-electron chi connectivity index (χ3n) is 4.51. The smallest absolute Gasteiger partial charge is 0.319 e. The zero-order valence-electron chi connectivity index (χ0n) is 15.6. The van der Waals surface area contributed by atoms with E-state index in [0.717, 1.165) is 4.57 Å². The lowest BCUT2D eigenvalue weighted by Crippen LogP contribution is -2.27. The molecule has 0 fully saturated rings. The number of hydrogen-bond donors (Lipinski definition) is 1. The molecule has 0 unspecified atom stereocenters. The first-order chi connectivity index (χ1) is 14.6. The first kappa shape index (κ1) is 19.5. The number of halogens is 3. The second kappa shape index (κ2) is 8.27. The molecule has 0 saturated carbocycles. The molecule has 1 N–H and O–H groups in total. The molecule has 30 heavy (non-hydrogen) atoms. The first-order valence-electron chi connectivity index (χ1n) is 9.10. The van der Waals surface area contributed by atoms with Gasteiger partial charge in [0.2, 0.25) is 0 Å². The van der Waals surface area contributed by atoms with E-state index >= 15 is 0 Å². The fraction of sp³-hybridized carbons (Fsp3) is 0.150. The van der Waals surface area contributed by atoms with Crippen LogP contribution in [0.25, 0.3) is 11.5 Å². The van der Waals surface area contributed by atoms with Gasteiger partial charge in [0.25, 0.3) is 5.91 Å². The normalized spacial score (nSPS) is 11.2. The van der Waals surface area contributed by atoms with Crippen molar-refractivity contribution < 1.29 is 18.0 Å². The van der Waals surface area contributed by atoms with E-state index in [4.69, 9.17) is 0 Å². The number of nitrogens with one attached hydrogen (secondary N) is 1. The number of hydrogen-bond acceptors (Lipinski definition) is 3. The molecular formula is C20H17F3N6O. The molecule has 0 radical (unpaired) electrons. The molecule has 4 aromatic rings. The standard InChI is InChI=1S/C20H17F3N6O/c21-15-5-1-2-6-16(15)29-19(27-10-3-4-11-27)14(13-26-29)18(30)25-8-7-17-24-9-12-28(17)20(22)23/h1-6,9-13,20H,7-8H2,(H,25,30). The van der Waals surface area contributed by atoms with E-state index in [-0.39, 0.29) is 30.0 Å². The summed E-state index contributed by atoms with van der Waals surface area (Å²) in [6, 6.07) is 9.64. The Kier molecular flexibility index (Phi) is 5.38. The van der Waals surface area contributed by atoms with Gasteiger partial charge in [-0.15, -0.1) is 0 Å². The van der Waals surface area contributed by atoms with Crippen LogP contribution in [-0.2, 0) is 6.42 Å². The number of nitrogens with zero attached hydrogens (tertiary/aromatic N) is 5. The first-order valence-corrected chi connectivity index (χ1v) is 9.10. The predicted octanol–water partition coefficient (Wildman–Crippen LogP) is 3.37. The van der Waals surface area contributed by atoms with Crippen LogP contribution in [0.1, 0.15) is 22.7 Å². The van der Waals surface area contributed by atoms with E-state index in [1.54, 1.807) is 47.3 Å². The van der Waals surface area contributed by atoms with Crippen molar-refractivity contribution in [3.63, 3.8) is 0 Å². The van der Waals surface area contributed by atoms with E-state index in [2.05, 4.69) is 15.4 Å². The van der Waals surface area contributed by atoms with Crippen molar-refractivity contribution >= 4 is 5.91 Å². The van der Waals surface area contributed by atoms with E-state index < -0.39 is 18.3 Å².